The number of hydrogen-bond acceptors (Lipinski definition) is 4. The van der Waals surface area contributed by atoms with Crippen molar-refractivity contribution in [2.24, 2.45) is 7.05 Å². The molecule has 0 aliphatic carbocycles. The van der Waals surface area contributed by atoms with Crippen LogP contribution in [0.25, 0.3) is 0 Å². The molecule has 1 aromatic heterocycles. The lowest BCUT2D eigenvalue weighted by Crippen LogP contribution is -2.43. The highest BCUT2D eigenvalue weighted by Gasteiger charge is 2.32. The molecule has 2 aromatic rings. The molecule has 1 atom stereocenters. The third kappa shape index (κ3) is 4.26. The first-order valence-electron chi connectivity index (χ1n) is 9.90. The molecule has 0 fully saturated rings. The Morgan fingerprint density at radius 1 is 1.07 bits per heavy atom. The predicted molar refractivity (Wildman–Crippen MR) is 113 cm³/mol. The molecule has 6 nitrogen and oxygen atoms in total. The van der Waals surface area contributed by atoms with E-state index >= 15 is 0 Å². The minimum Gasteiger partial charge on any atom is -0.461 e. The summed E-state index contributed by atoms with van der Waals surface area (Å²) in [6.07, 6.45) is 0. The molecule has 0 aliphatic rings. The smallest absolute Gasteiger partial charge is 0.355 e. The predicted octanol–water partition coefficient (Wildman–Crippen LogP) is 3.86. The van der Waals surface area contributed by atoms with Crippen molar-refractivity contribution in [2.45, 2.75) is 47.6 Å². The average Bonchev–Trinajstić information content (AvgIpc) is 2.91. The molecule has 156 valence electrons. The van der Waals surface area contributed by atoms with Crippen LogP contribution in [0.4, 0.5) is 0 Å². The van der Waals surface area contributed by atoms with Crippen LogP contribution in [0.5, 0.6) is 0 Å². The summed E-state index contributed by atoms with van der Waals surface area (Å²) in [5.74, 6) is -0.830. The largest absolute Gasteiger partial charge is 0.461 e. The van der Waals surface area contributed by atoms with Crippen molar-refractivity contribution in [2.75, 3.05) is 13.2 Å². The zero-order valence-corrected chi connectivity index (χ0v) is 18.3. The van der Waals surface area contributed by atoms with Crippen molar-refractivity contribution in [1.29, 1.82) is 0 Å². The second-order valence-electron chi connectivity index (χ2n) is 7.21. The molecule has 0 N–H and O–H groups in total. The van der Waals surface area contributed by atoms with Crippen molar-refractivity contribution >= 4 is 17.7 Å². The summed E-state index contributed by atoms with van der Waals surface area (Å²) in [6.45, 7) is 11.5. The molecule has 2 rings (SSSR count). The molecular formula is C23H30N2O4. The van der Waals surface area contributed by atoms with Gasteiger partial charge in [0.15, 0.2) is 5.78 Å². The number of amides is 1. The normalized spacial score (nSPS) is 11.8. The topological polar surface area (TPSA) is 68.6 Å². The maximum atomic E-state index is 13.4. The Labute approximate surface area is 172 Å². The Hall–Kier alpha value is -2.89. The summed E-state index contributed by atoms with van der Waals surface area (Å²) in [7, 11) is 1.74. The van der Waals surface area contributed by atoms with Gasteiger partial charge < -0.3 is 14.2 Å². The van der Waals surface area contributed by atoms with Crippen LogP contribution < -0.4 is 0 Å². The molecule has 0 bridgehead atoms. The summed E-state index contributed by atoms with van der Waals surface area (Å²) in [5, 5.41) is 0. The van der Waals surface area contributed by atoms with Crippen molar-refractivity contribution in [3.8, 4) is 0 Å². The molecular weight excluding hydrogens is 368 g/mol. The Morgan fingerprint density at radius 2 is 1.66 bits per heavy atom. The lowest BCUT2D eigenvalue weighted by Gasteiger charge is -2.27. The van der Waals surface area contributed by atoms with Gasteiger partial charge in [-0.05, 0) is 59.2 Å². The van der Waals surface area contributed by atoms with E-state index in [0.717, 1.165) is 5.56 Å². The van der Waals surface area contributed by atoms with Crippen LogP contribution in [0.15, 0.2) is 24.3 Å². The van der Waals surface area contributed by atoms with E-state index in [1.807, 2.05) is 26.0 Å². The molecule has 0 radical (unpaired) electrons. The van der Waals surface area contributed by atoms with Crippen LogP contribution in [0.1, 0.15) is 68.8 Å². The van der Waals surface area contributed by atoms with Gasteiger partial charge in [0.25, 0.3) is 5.91 Å². The highest BCUT2D eigenvalue weighted by atomic mass is 16.5. The minimum absolute atomic E-state index is 0.187. The average molecular weight is 399 g/mol. The van der Waals surface area contributed by atoms with Crippen molar-refractivity contribution in [3.63, 3.8) is 0 Å². The van der Waals surface area contributed by atoms with Crippen LogP contribution in [-0.2, 0) is 11.8 Å². The first-order valence-corrected chi connectivity index (χ1v) is 9.90. The lowest BCUT2D eigenvalue weighted by molar-refractivity contribution is 0.0513. The fourth-order valence-electron chi connectivity index (χ4n) is 3.64. The van der Waals surface area contributed by atoms with Crippen molar-refractivity contribution in [3.05, 3.63) is 57.9 Å². The number of carbonyl (C=O) groups is 3. The Bertz CT molecular complexity index is 925. The number of Topliss-reactive ketones (excluding diaryl/α,β-unsaturated/α-hetero) is 1. The third-order valence-electron chi connectivity index (χ3n) is 5.39. The van der Waals surface area contributed by atoms with Gasteiger partial charge in [0.05, 0.1) is 12.6 Å². The first-order chi connectivity index (χ1) is 13.6. The number of nitrogens with zero attached hydrogens (tertiary/aromatic N) is 2. The van der Waals surface area contributed by atoms with Gasteiger partial charge >= 0.3 is 5.97 Å². The molecule has 1 unspecified atom stereocenters. The number of ether oxygens (including phenoxy) is 1. The van der Waals surface area contributed by atoms with E-state index in [0.29, 0.717) is 34.6 Å². The number of hydrogen-bond donors (Lipinski definition) is 0. The maximum absolute atomic E-state index is 13.4. The number of esters is 1. The highest BCUT2D eigenvalue weighted by molar-refractivity contribution is 6.07. The number of ketones is 1. The summed E-state index contributed by atoms with van der Waals surface area (Å²) < 4.78 is 6.82. The van der Waals surface area contributed by atoms with Gasteiger partial charge in [-0.25, -0.2) is 4.79 Å². The van der Waals surface area contributed by atoms with E-state index in [1.165, 1.54) is 0 Å². The molecule has 29 heavy (non-hydrogen) atoms. The molecule has 0 spiro atoms. The van der Waals surface area contributed by atoms with Crippen LogP contribution in [-0.4, -0.2) is 46.3 Å². The molecule has 0 aliphatic heterocycles. The van der Waals surface area contributed by atoms with Crippen molar-refractivity contribution < 1.29 is 19.1 Å². The van der Waals surface area contributed by atoms with Gasteiger partial charge in [-0.15, -0.1) is 0 Å². The third-order valence-corrected chi connectivity index (χ3v) is 5.39. The summed E-state index contributed by atoms with van der Waals surface area (Å²) in [6, 6.07) is 6.64. The summed E-state index contributed by atoms with van der Waals surface area (Å²) >= 11 is 0. The van der Waals surface area contributed by atoms with E-state index in [9.17, 15) is 14.4 Å². The molecule has 0 saturated carbocycles. The number of aryl methyl sites for hydroxylation is 1. The molecule has 1 amide bonds. The van der Waals surface area contributed by atoms with E-state index in [-0.39, 0.29) is 18.3 Å². The van der Waals surface area contributed by atoms with Crippen molar-refractivity contribution in [1.82, 2.24) is 9.47 Å². The van der Waals surface area contributed by atoms with E-state index in [4.69, 9.17) is 4.74 Å². The van der Waals surface area contributed by atoms with Gasteiger partial charge in [-0.2, -0.15) is 0 Å². The second-order valence-corrected chi connectivity index (χ2v) is 7.21. The van der Waals surface area contributed by atoms with Gasteiger partial charge in [-0.3, -0.25) is 9.59 Å². The fourth-order valence-corrected chi connectivity index (χ4v) is 3.64. The van der Waals surface area contributed by atoms with Crippen LogP contribution in [0.2, 0.25) is 0 Å². The second kappa shape index (κ2) is 9.07. The number of likely N-dealkylation sites (N-methyl/N-ethyl adjacent to an activating group) is 1. The van der Waals surface area contributed by atoms with Crippen LogP contribution in [0.3, 0.4) is 0 Å². The standard InChI is InChI=1S/C23H30N2O4/c1-8-25(22(27)18-12-10-14(3)11-13-18)17(6)21(26)19-15(4)20(23(28)29-9-2)24(7)16(19)5/h10-13,17H,8-9H2,1-7H3. The monoisotopic (exact) mass is 398 g/mol. The lowest BCUT2D eigenvalue weighted by atomic mass is 9.99. The van der Waals surface area contributed by atoms with Gasteiger partial charge in [0.2, 0.25) is 0 Å². The summed E-state index contributed by atoms with van der Waals surface area (Å²) in [4.78, 5) is 40.3. The number of benzene rings is 1. The maximum Gasteiger partial charge on any atom is 0.355 e. The van der Waals surface area contributed by atoms with E-state index in [1.54, 1.807) is 56.3 Å². The fraction of sp³-hybridized carbons (Fsp3) is 0.435. The zero-order chi connectivity index (χ0) is 21.9. The molecule has 6 heteroatoms. The Morgan fingerprint density at radius 3 is 2.17 bits per heavy atom. The highest BCUT2D eigenvalue weighted by Crippen LogP contribution is 2.25. The Kier molecular flexibility index (Phi) is 7.01. The molecule has 0 saturated heterocycles. The number of rotatable bonds is 7. The quantitative estimate of drug-likeness (QED) is 0.525. The van der Waals surface area contributed by atoms with Crippen LogP contribution >= 0.6 is 0 Å². The van der Waals surface area contributed by atoms with Crippen LogP contribution in [0, 0.1) is 20.8 Å². The van der Waals surface area contributed by atoms with Gasteiger partial charge in [0.1, 0.15) is 5.69 Å². The SMILES string of the molecule is CCOC(=O)c1c(C)c(C(=O)C(C)N(CC)C(=O)c2ccc(C)cc2)c(C)n1C. The van der Waals surface area contributed by atoms with E-state index in [2.05, 4.69) is 0 Å². The Balaban J connectivity index is 2.40. The molecule has 1 aromatic carbocycles. The van der Waals surface area contributed by atoms with Gasteiger partial charge in [0, 0.05) is 30.4 Å². The number of aromatic nitrogens is 1. The zero-order valence-electron chi connectivity index (χ0n) is 18.3. The number of carbonyl (C=O) groups excluding carboxylic acids is 3. The first kappa shape index (κ1) is 22.4. The van der Waals surface area contributed by atoms with Gasteiger partial charge in [-0.1, -0.05) is 17.7 Å². The minimum atomic E-state index is -0.663. The van der Waals surface area contributed by atoms with E-state index < -0.39 is 12.0 Å². The summed E-state index contributed by atoms with van der Waals surface area (Å²) in [5.41, 5.74) is 3.72. The molecule has 1 heterocycles.